The Kier molecular flexibility index (Phi) is 4.48. The molecular weight excluding hydrogens is 238 g/mol. The standard InChI is InChI=1S/C16H25NO2/c1-16(2,3)15(8-10-18)17-13-9-11-19-14-7-5-4-6-12(13)14/h4-7,13,15,17-18H,8-11H2,1-3H3. The molecule has 0 saturated carbocycles. The molecule has 2 N–H and O–H groups in total. The number of fused-ring (bicyclic) bond motifs is 1. The Labute approximate surface area is 116 Å². The van der Waals surface area contributed by atoms with Gasteiger partial charge in [-0.05, 0) is 17.9 Å². The van der Waals surface area contributed by atoms with E-state index < -0.39 is 0 Å². The highest BCUT2D eigenvalue weighted by Gasteiger charge is 2.29. The molecule has 2 atom stereocenters. The first-order valence-corrected chi connectivity index (χ1v) is 7.11. The van der Waals surface area contributed by atoms with Crippen molar-refractivity contribution in [1.82, 2.24) is 5.32 Å². The lowest BCUT2D eigenvalue weighted by atomic mass is 9.83. The first kappa shape index (κ1) is 14.4. The summed E-state index contributed by atoms with van der Waals surface area (Å²) in [5, 5.41) is 13.0. The zero-order valence-electron chi connectivity index (χ0n) is 12.1. The van der Waals surface area contributed by atoms with Gasteiger partial charge in [-0.1, -0.05) is 39.0 Å². The fourth-order valence-electron chi connectivity index (χ4n) is 2.65. The summed E-state index contributed by atoms with van der Waals surface area (Å²) in [6.45, 7) is 7.62. The average molecular weight is 263 g/mol. The summed E-state index contributed by atoms with van der Waals surface area (Å²) in [6, 6.07) is 8.84. The van der Waals surface area contributed by atoms with E-state index in [0.717, 1.165) is 25.2 Å². The molecule has 1 aromatic rings. The van der Waals surface area contributed by atoms with Crippen LogP contribution < -0.4 is 10.1 Å². The molecule has 0 spiro atoms. The van der Waals surface area contributed by atoms with Crippen molar-refractivity contribution in [1.29, 1.82) is 0 Å². The molecule has 1 aliphatic rings. The van der Waals surface area contributed by atoms with Gasteiger partial charge in [-0.25, -0.2) is 0 Å². The van der Waals surface area contributed by atoms with Crippen molar-refractivity contribution in [2.45, 2.75) is 45.7 Å². The van der Waals surface area contributed by atoms with Crippen LogP contribution in [0.2, 0.25) is 0 Å². The van der Waals surface area contributed by atoms with Crippen LogP contribution in [0.3, 0.4) is 0 Å². The molecule has 1 aliphatic heterocycles. The molecule has 0 saturated heterocycles. The lowest BCUT2D eigenvalue weighted by molar-refractivity contribution is 0.167. The molecule has 106 valence electrons. The Morgan fingerprint density at radius 1 is 1.37 bits per heavy atom. The van der Waals surface area contributed by atoms with Crippen molar-refractivity contribution in [3.05, 3.63) is 29.8 Å². The van der Waals surface area contributed by atoms with Crippen molar-refractivity contribution < 1.29 is 9.84 Å². The van der Waals surface area contributed by atoms with Crippen LogP contribution in [0.25, 0.3) is 0 Å². The molecule has 0 bridgehead atoms. The largest absolute Gasteiger partial charge is 0.493 e. The number of para-hydroxylation sites is 1. The van der Waals surface area contributed by atoms with Gasteiger partial charge in [0.15, 0.2) is 0 Å². The number of aliphatic hydroxyl groups excluding tert-OH is 1. The van der Waals surface area contributed by atoms with E-state index >= 15 is 0 Å². The van der Waals surface area contributed by atoms with Gasteiger partial charge >= 0.3 is 0 Å². The minimum atomic E-state index is 0.135. The van der Waals surface area contributed by atoms with Crippen LogP contribution in [0.1, 0.15) is 45.2 Å². The molecule has 2 rings (SSSR count). The summed E-state index contributed by atoms with van der Waals surface area (Å²) in [5.41, 5.74) is 1.37. The number of aliphatic hydroxyl groups is 1. The second kappa shape index (κ2) is 5.93. The Hall–Kier alpha value is -1.06. The maximum Gasteiger partial charge on any atom is 0.124 e. The van der Waals surface area contributed by atoms with Crippen LogP contribution >= 0.6 is 0 Å². The topological polar surface area (TPSA) is 41.5 Å². The predicted octanol–water partition coefficient (Wildman–Crippen LogP) is 2.90. The van der Waals surface area contributed by atoms with Gasteiger partial charge in [0.25, 0.3) is 0 Å². The Morgan fingerprint density at radius 3 is 2.79 bits per heavy atom. The highest BCUT2D eigenvalue weighted by Crippen LogP contribution is 2.34. The van der Waals surface area contributed by atoms with E-state index in [1.165, 1.54) is 5.56 Å². The molecule has 0 fully saturated rings. The maximum absolute atomic E-state index is 9.26. The van der Waals surface area contributed by atoms with Crippen LogP contribution in [-0.4, -0.2) is 24.4 Å². The van der Waals surface area contributed by atoms with Crippen LogP contribution in [0, 0.1) is 5.41 Å². The molecule has 1 aromatic carbocycles. The van der Waals surface area contributed by atoms with Crippen molar-refractivity contribution in [3.8, 4) is 5.75 Å². The molecule has 0 aliphatic carbocycles. The van der Waals surface area contributed by atoms with Gasteiger partial charge in [0.2, 0.25) is 0 Å². The predicted molar refractivity (Wildman–Crippen MR) is 77.4 cm³/mol. The Bertz CT molecular complexity index is 411. The van der Waals surface area contributed by atoms with Gasteiger partial charge in [0, 0.05) is 30.7 Å². The normalized spacial score (nSPS) is 20.5. The van der Waals surface area contributed by atoms with Crippen LogP contribution in [0.4, 0.5) is 0 Å². The quantitative estimate of drug-likeness (QED) is 0.877. The summed E-state index contributed by atoms with van der Waals surface area (Å²) in [6.07, 6.45) is 1.76. The highest BCUT2D eigenvalue weighted by molar-refractivity contribution is 5.37. The van der Waals surface area contributed by atoms with Crippen LogP contribution in [0.5, 0.6) is 5.75 Å². The third kappa shape index (κ3) is 3.48. The van der Waals surface area contributed by atoms with Gasteiger partial charge in [-0.3, -0.25) is 0 Å². The molecule has 1 heterocycles. The zero-order chi connectivity index (χ0) is 13.9. The zero-order valence-corrected chi connectivity index (χ0v) is 12.1. The average Bonchev–Trinajstić information content (AvgIpc) is 2.37. The summed E-state index contributed by atoms with van der Waals surface area (Å²) >= 11 is 0. The number of hydrogen-bond donors (Lipinski definition) is 2. The molecule has 2 unspecified atom stereocenters. The second-order valence-electron chi connectivity index (χ2n) is 6.33. The monoisotopic (exact) mass is 263 g/mol. The minimum absolute atomic E-state index is 0.135. The lowest BCUT2D eigenvalue weighted by Crippen LogP contribution is -2.44. The van der Waals surface area contributed by atoms with Gasteiger partial charge in [0.05, 0.1) is 6.61 Å². The summed E-state index contributed by atoms with van der Waals surface area (Å²) in [4.78, 5) is 0. The molecule has 3 nitrogen and oxygen atoms in total. The minimum Gasteiger partial charge on any atom is -0.493 e. The van der Waals surface area contributed by atoms with E-state index in [4.69, 9.17) is 4.74 Å². The maximum atomic E-state index is 9.26. The van der Waals surface area contributed by atoms with Crippen molar-refractivity contribution in [2.75, 3.05) is 13.2 Å². The fourth-order valence-corrected chi connectivity index (χ4v) is 2.65. The van der Waals surface area contributed by atoms with E-state index in [2.05, 4.69) is 38.2 Å². The Balaban J connectivity index is 2.15. The van der Waals surface area contributed by atoms with Gasteiger partial charge in [0.1, 0.15) is 5.75 Å². The number of hydrogen-bond acceptors (Lipinski definition) is 3. The van der Waals surface area contributed by atoms with E-state index in [0.29, 0.717) is 12.1 Å². The molecule has 0 amide bonds. The van der Waals surface area contributed by atoms with Crippen molar-refractivity contribution >= 4 is 0 Å². The van der Waals surface area contributed by atoms with Gasteiger partial charge in [-0.2, -0.15) is 0 Å². The number of rotatable bonds is 4. The van der Waals surface area contributed by atoms with Gasteiger partial charge < -0.3 is 15.2 Å². The third-order valence-corrected chi connectivity index (χ3v) is 3.82. The van der Waals surface area contributed by atoms with Gasteiger partial charge in [-0.15, -0.1) is 0 Å². The first-order chi connectivity index (χ1) is 9.02. The lowest BCUT2D eigenvalue weighted by Gasteiger charge is -2.37. The van der Waals surface area contributed by atoms with E-state index in [-0.39, 0.29) is 12.0 Å². The summed E-state index contributed by atoms with van der Waals surface area (Å²) < 4.78 is 5.69. The van der Waals surface area contributed by atoms with E-state index in [1.807, 2.05) is 12.1 Å². The number of ether oxygens (including phenoxy) is 1. The highest BCUT2D eigenvalue weighted by atomic mass is 16.5. The molecule has 0 radical (unpaired) electrons. The molecule has 0 aromatic heterocycles. The smallest absolute Gasteiger partial charge is 0.124 e. The van der Waals surface area contributed by atoms with Crippen LogP contribution in [-0.2, 0) is 0 Å². The van der Waals surface area contributed by atoms with Crippen LogP contribution in [0.15, 0.2) is 24.3 Å². The van der Waals surface area contributed by atoms with E-state index in [1.54, 1.807) is 0 Å². The van der Waals surface area contributed by atoms with Crippen molar-refractivity contribution in [3.63, 3.8) is 0 Å². The second-order valence-corrected chi connectivity index (χ2v) is 6.33. The SMILES string of the molecule is CC(C)(C)C(CCO)NC1CCOc2ccccc21. The third-order valence-electron chi connectivity index (χ3n) is 3.82. The fraction of sp³-hybridized carbons (Fsp3) is 0.625. The molecule has 3 heteroatoms. The number of nitrogens with one attached hydrogen (secondary N) is 1. The van der Waals surface area contributed by atoms with Crippen molar-refractivity contribution in [2.24, 2.45) is 5.41 Å². The van der Waals surface area contributed by atoms with E-state index in [9.17, 15) is 5.11 Å². The summed E-state index contributed by atoms with van der Waals surface area (Å²) in [7, 11) is 0. The Morgan fingerprint density at radius 2 is 2.11 bits per heavy atom. The molecule has 19 heavy (non-hydrogen) atoms. The molecular formula is C16H25NO2. The number of benzene rings is 1. The first-order valence-electron chi connectivity index (χ1n) is 7.11. The summed E-state index contributed by atoms with van der Waals surface area (Å²) in [5.74, 6) is 0.989.